The van der Waals surface area contributed by atoms with Crippen molar-refractivity contribution in [1.82, 2.24) is 0 Å². The van der Waals surface area contributed by atoms with E-state index in [1.54, 1.807) is 0 Å². The molecule has 0 aromatic heterocycles. The molecule has 0 bridgehead atoms. The Balaban J connectivity index is 3.03. The van der Waals surface area contributed by atoms with Crippen LogP contribution in [-0.4, -0.2) is 0 Å². The lowest BCUT2D eigenvalue weighted by molar-refractivity contribution is 0.821. The van der Waals surface area contributed by atoms with Crippen molar-refractivity contribution in [2.75, 3.05) is 0 Å². The molecule has 0 N–H and O–H groups in total. The number of hydrogen-bond acceptors (Lipinski definition) is 0. The van der Waals surface area contributed by atoms with Gasteiger partial charge in [-0.3, -0.25) is 0 Å². The van der Waals surface area contributed by atoms with Gasteiger partial charge in [-0.15, -0.1) is 0 Å². The summed E-state index contributed by atoms with van der Waals surface area (Å²) < 4.78 is 0. The second kappa shape index (κ2) is 4.66. The quantitative estimate of drug-likeness (QED) is 0.672. The Kier molecular flexibility index (Phi) is 3.80. The molecule has 0 aliphatic carbocycles. The van der Waals surface area contributed by atoms with E-state index in [-0.39, 0.29) is 0 Å². The number of rotatable bonds is 3. The van der Waals surface area contributed by atoms with Crippen molar-refractivity contribution in [3.8, 4) is 0 Å². The topological polar surface area (TPSA) is 0 Å². The summed E-state index contributed by atoms with van der Waals surface area (Å²) in [5, 5.41) is 0.854. The standard InChI is InChI=1S/C12H17Cl/c1-4-5-10-8-11(13)6-7-12(10)9(2)3/h6-9H,4-5H2,1-3H3. The molecule has 0 aliphatic rings. The Bertz CT molecular complexity index is 276. The number of benzene rings is 1. The van der Waals surface area contributed by atoms with Crippen LogP contribution in [0.4, 0.5) is 0 Å². The van der Waals surface area contributed by atoms with Gasteiger partial charge >= 0.3 is 0 Å². The highest BCUT2D eigenvalue weighted by atomic mass is 35.5. The number of hydrogen-bond donors (Lipinski definition) is 0. The molecule has 0 unspecified atom stereocenters. The Morgan fingerprint density at radius 1 is 1.31 bits per heavy atom. The van der Waals surface area contributed by atoms with Gasteiger partial charge in [-0.05, 0) is 35.6 Å². The molecule has 0 aliphatic heterocycles. The zero-order chi connectivity index (χ0) is 9.84. The molecule has 0 heterocycles. The molecular weight excluding hydrogens is 180 g/mol. The normalized spacial score (nSPS) is 10.8. The minimum absolute atomic E-state index is 0.596. The summed E-state index contributed by atoms with van der Waals surface area (Å²) in [6, 6.07) is 6.23. The van der Waals surface area contributed by atoms with Gasteiger partial charge in [0.1, 0.15) is 0 Å². The summed E-state index contributed by atoms with van der Waals surface area (Å²) >= 11 is 5.96. The SMILES string of the molecule is CCCc1cc(Cl)ccc1C(C)C. The molecule has 1 rings (SSSR count). The summed E-state index contributed by atoms with van der Waals surface area (Å²) in [5.74, 6) is 0.596. The highest BCUT2D eigenvalue weighted by Gasteiger charge is 2.05. The van der Waals surface area contributed by atoms with Crippen molar-refractivity contribution in [3.05, 3.63) is 34.3 Å². The highest BCUT2D eigenvalue weighted by Crippen LogP contribution is 2.23. The van der Waals surface area contributed by atoms with Gasteiger partial charge in [-0.1, -0.05) is 44.9 Å². The fourth-order valence-electron chi connectivity index (χ4n) is 1.62. The van der Waals surface area contributed by atoms with Gasteiger partial charge in [0.2, 0.25) is 0 Å². The van der Waals surface area contributed by atoms with Crippen LogP contribution >= 0.6 is 11.6 Å². The fraction of sp³-hybridized carbons (Fsp3) is 0.500. The maximum Gasteiger partial charge on any atom is 0.0408 e. The van der Waals surface area contributed by atoms with Gasteiger partial charge in [-0.2, -0.15) is 0 Å². The molecule has 0 nitrogen and oxygen atoms in total. The van der Waals surface area contributed by atoms with E-state index >= 15 is 0 Å². The van der Waals surface area contributed by atoms with Crippen LogP contribution in [0, 0.1) is 0 Å². The summed E-state index contributed by atoms with van der Waals surface area (Å²) in [5.41, 5.74) is 2.84. The minimum atomic E-state index is 0.596. The summed E-state index contributed by atoms with van der Waals surface area (Å²) in [7, 11) is 0. The smallest absolute Gasteiger partial charge is 0.0408 e. The maximum absolute atomic E-state index is 5.96. The van der Waals surface area contributed by atoms with Crippen molar-refractivity contribution >= 4 is 11.6 Å². The second-order valence-electron chi connectivity index (χ2n) is 3.75. The van der Waals surface area contributed by atoms with E-state index < -0.39 is 0 Å². The summed E-state index contributed by atoms with van der Waals surface area (Å²) in [6.07, 6.45) is 2.31. The van der Waals surface area contributed by atoms with Crippen LogP contribution in [-0.2, 0) is 6.42 Å². The first-order chi connectivity index (χ1) is 6.15. The molecule has 0 spiro atoms. The molecule has 0 atom stereocenters. The van der Waals surface area contributed by atoms with Crippen LogP contribution in [0.3, 0.4) is 0 Å². The summed E-state index contributed by atoms with van der Waals surface area (Å²) in [6.45, 7) is 6.65. The van der Waals surface area contributed by atoms with Crippen LogP contribution in [0.2, 0.25) is 5.02 Å². The van der Waals surface area contributed by atoms with E-state index in [1.165, 1.54) is 17.5 Å². The molecule has 0 saturated heterocycles. The summed E-state index contributed by atoms with van der Waals surface area (Å²) in [4.78, 5) is 0. The van der Waals surface area contributed by atoms with Crippen LogP contribution in [0.15, 0.2) is 18.2 Å². The van der Waals surface area contributed by atoms with Gasteiger partial charge in [0.05, 0.1) is 0 Å². The van der Waals surface area contributed by atoms with Crippen LogP contribution in [0.5, 0.6) is 0 Å². The molecule has 13 heavy (non-hydrogen) atoms. The van der Waals surface area contributed by atoms with Gasteiger partial charge in [0, 0.05) is 5.02 Å². The van der Waals surface area contributed by atoms with E-state index in [0.717, 1.165) is 11.4 Å². The number of halogens is 1. The fourth-order valence-corrected chi connectivity index (χ4v) is 1.82. The van der Waals surface area contributed by atoms with Gasteiger partial charge < -0.3 is 0 Å². The Morgan fingerprint density at radius 2 is 2.00 bits per heavy atom. The molecule has 1 aromatic carbocycles. The van der Waals surface area contributed by atoms with Crippen LogP contribution < -0.4 is 0 Å². The zero-order valence-electron chi connectivity index (χ0n) is 8.60. The molecule has 1 heteroatoms. The third-order valence-electron chi connectivity index (χ3n) is 2.25. The first-order valence-electron chi connectivity index (χ1n) is 4.93. The van der Waals surface area contributed by atoms with Crippen molar-refractivity contribution in [3.63, 3.8) is 0 Å². The Hall–Kier alpha value is -0.490. The average Bonchev–Trinajstić information content (AvgIpc) is 2.04. The van der Waals surface area contributed by atoms with Crippen LogP contribution in [0.25, 0.3) is 0 Å². The molecule has 0 saturated carbocycles. The zero-order valence-corrected chi connectivity index (χ0v) is 9.36. The monoisotopic (exact) mass is 196 g/mol. The largest absolute Gasteiger partial charge is 0.0843 e. The van der Waals surface area contributed by atoms with Gasteiger partial charge in [-0.25, -0.2) is 0 Å². The van der Waals surface area contributed by atoms with Crippen molar-refractivity contribution < 1.29 is 0 Å². The van der Waals surface area contributed by atoms with Crippen molar-refractivity contribution in [2.45, 2.75) is 39.5 Å². The lowest BCUT2D eigenvalue weighted by atomic mass is 9.95. The second-order valence-corrected chi connectivity index (χ2v) is 4.18. The Labute approximate surface area is 85.9 Å². The van der Waals surface area contributed by atoms with E-state index in [2.05, 4.69) is 32.9 Å². The van der Waals surface area contributed by atoms with Gasteiger partial charge in [0.15, 0.2) is 0 Å². The van der Waals surface area contributed by atoms with E-state index in [1.807, 2.05) is 6.07 Å². The van der Waals surface area contributed by atoms with E-state index in [4.69, 9.17) is 11.6 Å². The number of aryl methyl sites for hydroxylation is 1. The van der Waals surface area contributed by atoms with Crippen LogP contribution in [0.1, 0.15) is 44.2 Å². The maximum atomic E-state index is 5.96. The lowest BCUT2D eigenvalue weighted by Crippen LogP contribution is -1.95. The van der Waals surface area contributed by atoms with Crippen molar-refractivity contribution in [2.24, 2.45) is 0 Å². The van der Waals surface area contributed by atoms with Gasteiger partial charge in [0.25, 0.3) is 0 Å². The van der Waals surface area contributed by atoms with E-state index in [0.29, 0.717) is 5.92 Å². The highest BCUT2D eigenvalue weighted by molar-refractivity contribution is 6.30. The molecular formula is C12H17Cl. The first kappa shape index (κ1) is 10.6. The first-order valence-corrected chi connectivity index (χ1v) is 5.31. The van der Waals surface area contributed by atoms with Crippen molar-refractivity contribution in [1.29, 1.82) is 0 Å². The lowest BCUT2D eigenvalue weighted by Gasteiger charge is -2.12. The molecule has 0 radical (unpaired) electrons. The average molecular weight is 197 g/mol. The predicted octanol–water partition coefficient (Wildman–Crippen LogP) is 4.42. The minimum Gasteiger partial charge on any atom is -0.0843 e. The Morgan fingerprint density at radius 3 is 2.54 bits per heavy atom. The third-order valence-corrected chi connectivity index (χ3v) is 2.48. The van der Waals surface area contributed by atoms with E-state index in [9.17, 15) is 0 Å². The molecule has 72 valence electrons. The third kappa shape index (κ3) is 2.73. The molecule has 1 aromatic rings. The predicted molar refractivity (Wildman–Crippen MR) is 59.5 cm³/mol. The molecule has 0 fully saturated rings. The molecule has 0 amide bonds.